The quantitative estimate of drug-likeness (QED) is 0.507. The predicted octanol–water partition coefficient (Wildman–Crippen LogP) is -0.803. The summed E-state index contributed by atoms with van der Waals surface area (Å²) in [7, 11) is 0. The van der Waals surface area contributed by atoms with Gasteiger partial charge in [0.15, 0.2) is 5.78 Å². The second kappa shape index (κ2) is 7.13. The van der Waals surface area contributed by atoms with Gasteiger partial charge in [-0.2, -0.15) is 0 Å². The van der Waals surface area contributed by atoms with Gasteiger partial charge in [-0.15, -0.1) is 0 Å². The van der Waals surface area contributed by atoms with Crippen molar-refractivity contribution in [2.24, 2.45) is 5.92 Å². The first-order chi connectivity index (χ1) is 9.64. The SMILES string of the molecule is CC(=O)C1(OC(C)C)CC(O)C(C)C(C(O)C(O)CO)O1. The minimum absolute atomic E-state index is 0.0415. The average Bonchev–Trinajstić information content (AvgIpc) is 2.40. The Balaban J connectivity index is 3.06. The van der Waals surface area contributed by atoms with Crippen LogP contribution in [0.1, 0.15) is 34.1 Å². The molecule has 0 aromatic heterocycles. The van der Waals surface area contributed by atoms with Gasteiger partial charge in [0.05, 0.1) is 24.9 Å². The minimum atomic E-state index is -1.65. The lowest BCUT2D eigenvalue weighted by Gasteiger charge is -2.47. The topological polar surface area (TPSA) is 116 Å². The number of ether oxygens (including phenoxy) is 2. The number of aliphatic hydroxyl groups is 4. The molecule has 4 N–H and O–H groups in total. The monoisotopic (exact) mass is 306 g/mol. The van der Waals surface area contributed by atoms with E-state index in [0.717, 1.165) is 0 Å². The lowest BCUT2D eigenvalue weighted by Crippen LogP contribution is -2.61. The van der Waals surface area contributed by atoms with Crippen molar-refractivity contribution in [1.29, 1.82) is 0 Å². The number of rotatable bonds is 6. The van der Waals surface area contributed by atoms with Crippen molar-refractivity contribution in [2.75, 3.05) is 6.61 Å². The van der Waals surface area contributed by atoms with Crippen LogP contribution in [0.5, 0.6) is 0 Å². The van der Waals surface area contributed by atoms with Crippen LogP contribution < -0.4 is 0 Å². The van der Waals surface area contributed by atoms with E-state index in [1.807, 2.05) is 0 Å². The first-order valence-electron chi connectivity index (χ1n) is 7.16. The fraction of sp³-hybridized carbons (Fsp3) is 0.929. The fourth-order valence-corrected chi connectivity index (χ4v) is 2.53. The summed E-state index contributed by atoms with van der Waals surface area (Å²) in [6, 6.07) is 0. The summed E-state index contributed by atoms with van der Waals surface area (Å²) in [4.78, 5) is 12.0. The zero-order chi connectivity index (χ0) is 16.4. The van der Waals surface area contributed by atoms with Gasteiger partial charge >= 0.3 is 0 Å². The Bertz CT molecular complexity index is 359. The predicted molar refractivity (Wildman–Crippen MR) is 73.4 cm³/mol. The maximum Gasteiger partial charge on any atom is 0.231 e. The van der Waals surface area contributed by atoms with Crippen LogP contribution in [0.15, 0.2) is 0 Å². The molecule has 0 aromatic rings. The van der Waals surface area contributed by atoms with Crippen molar-refractivity contribution in [1.82, 2.24) is 0 Å². The van der Waals surface area contributed by atoms with E-state index < -0.39 is 48.5 Å². The molecular formula is C14H26O7. The van der Waals surface area contributed by atoms with Gasteiger partial charge in [-0.25, -0.2) is 0 Å². The van der Waals surface area contributed by atoms with Crippen LogP contribution in [0, 0.1) is 5.92 Å². The fourth-order valence-electron chi connectivity index (χ4n) is 2.53. The first kappa shape index (κ1) is 18.5. The highest BCUT2D eigenvalue weighted by atomic mass is 16.7. The maximum atomic E-state index is 12.0. The van der Waals surface area contributed by atoms with Gasteiger partial charge in [-0.05, 0) is 13.8 Å². The van der Waals surface area contributed by atoms with Gasteiger partial charge in [0.25, 0.3) is 0 Å². The Hall–Kier alpha value is -0.570. The van der Waals surface area contributed by atoms with Crippen molar-refractivity contribution in [3.8, 4) is 0 Å². The molecule has 0 radical (unpaired) electrons. The zero-order valence-electron chi connectivity index (χ0n) is 12.9. The van der Waals surface area contributed by atoms with Crippen LogP contribution in [-0.2, 0) is 14.3 Å². The maximum absolute atomic E-state index is 12.0. The Morgan fingerprint density at radius 1 is 1.43 bits per heavy atom. The Morgan fingerprint density at radius 2 is 2.00 bits per heavy atom. The average molecular weight is 306 g/mol. The van der Waals surface area contributed by atoms with Crippen molar-refractivity contribution >= 4 is 5.78 Å². The number of Topliss-reactive ketones (excluding diaryl/α,β-unsaturated/α-hetero) is 1. The molecule has 124 valence electrons. The lowest BCUT2D eigenvalue weighted by atomic mass is 9.83. The highest BCUT2D eigenvalue weighted by Crippen LogP contribution is 2.37. The first-order valence-corrected chi connectivity index (χ1v) is 7.16. The van der Waals surface area contributed by atoms with Gasteiger partial charge in [-0.1, -0.05) is 6.92 Å². The molecule has 21 heavy (non-hydrogen) atoms. The second-order valence-corrected chi connectivity index (χ2v) is 5.93. The summed E-state index contributed by atoms with van der Waals surface area (Å²) in [5, 5.41) is 38.8. The molecule has 1 heterocycles. The van der Waals surface area contributed by atoms with Gasteiger partial charge in [0.2, 0.25) is 5.79 Å². The molecule has 6 atom stereocenters. The van der Waals surface area contributed by atoms with Crippen LogP contribution in [-0.4, -0.2) is 69.1 Å². The zero-order valence-corrected chi connectivity index (χ0v) is 12.9. The summed E-state index contributed by atoms with van der Waals surface area (Å²) in [5.41, 5.74) is 0. The normalized spacial score (nSPS) is 36.5. The summed E-state index contributed by atoms with van der Waals surface area (Å²) in [6.45, 7) is 5.74. The molecular weight excluding hydrogens is 280 g/mol. The van der Waals surface area contributed by atoms with Crippen molar-refractivity contribution in [2.45, 2.75) is 70.4 Å². The molecule has 0 amide bonds. The van der Waals surface area contributed by atoms with E-state index >= 15 is 0 Å². The summed E-state index contributed by atoms with van der Waals surface area (Å²) >= 11 is 0. The molecule has 0 spiro atoms. The minimum Gasteiger partial charge on any atom is -0.394 e. The molecule has 0 bridgehead atoms. The number of carbonyl (C=O) groups is 1. The van der Waals surface area contributed by atoms with Crippen LogP contribution in [0.2, 0.25) is 0 Å². The smallest absolute Gasteiger partial charge is 0.231 e. The second-order valence-electron chi connectivity index (χ2n) is 5.93. The van der Waals surface area contributed by atoms with Gasteiger partial charge in [-0.3, -0.25) is 4.79 Å². The Morgan fingerprint density at radius 3 is 2.43 bits per heavy atom. The molecule has 0 aliphatic carbocycles. The van der Waals surface area contributed by atoms with Gasteiger partial charge in [0, 0.05) is 19.3 Å². The van der Waals surface area contributed by atoms with Gasteiger partial charge in [0.1, 0.15) is 12.2 Å². The third-order valence-corrected chi connectivity index (χ3v) is 3.81. The number of hydrogen-bond donors (Lipinski definition) is 4. The number of aliphatic hydroxyl groups excluding tert-OH is 4. The number of ketones is 1. The van der Waals surface area contributed by atoms with Crippen molar-refractivity contribution in [3.63, 3.8) is 0 Å². The summed E-state index contributed by atoms with van der Waals surface area (Å²) in [5.74, 6) is -2.59. The number of hydrogen-bond acceptors (Lipinski definition) is 7. The Labute approximate surface area is 124 Å². The molecule has 0 saturated carbocycles. The molecule has 1 saturated heterocycles. The third kappa shape index (κ3) is 4.00. The molecule has 6 unspecified atom stereocenters. The van der Waals surface area contributed by atoms with Crippen molar-refractivity contribution in [3.05, 3.63) is 0 Å². The van der Waals surface area contributed by atoms with E-state index in [1.165, 1.54) is 6.92 Å². The molecule has 0 aromatic carbocycles. The lowest BCUT2D eigenvalue weighted by molar-refractivity contribution is -0.317. The van der Waals surface area contributed by atoms with Crippen LogP contribution in [0.25, 0.3) is 0 Å². The van der Waals surface area contributed by atoms with E-state index in [-0.39, 0.29) is 12.5 Å². The summed E-state index contributed by atoms with van der Waals surface area (Å²) in [6.07, 6.45) is -5.19. The Kier molecular flexibility index (Phi) is 6.27. The third-order valence-electron chi connectivity index (χ3n) is 3.81. The number of carbonyl (C=O) groups excluding carboxylic acids is 1. The van der Waals surface area contributed by atoms with Crippen LogP contribution in [0.4, 0.5) is 0 Å². The molecule has 7 nitrogen and oxygen atoms in total. The van der Waals surface area contributed by atoms with Crippen molar-refractivity contribution < 1.29 is 34.7 Å². The highest BCUT2D eigenvalue weighted by molar-refractivity contribution is 5.83. The standard InChI is InChI=1S/C14H26O7/c1-7(2)20-14(9(4)16)5-10(17)8(3)13(21-14)12(19)11(18)6-15/h7-8,10-13,15,17-19H,5-6H2,1-4H3. The largest absolute Gasteiger partial charge is 0.394 e. The van der Waals surface area contributed by atoms with Crippen LogP contribution in [0.3, 0.4) is 0 Å². The highest BCUT2D eigenvalue weighted by Gasteiger charge is 2.52. The van der Waals surface area contributed by atoms with E-state index in [4.69, 9.17) is 14.6 Å². The molecule has 1 rings (SSSR count). The molecule has 1 aliphatic heterocycles. The summed E-state index contributed by atoms with van der Waals surface area (Å²) < 4.78 is 11.2. The molecule has 7 heteroatoms. The molecule has 1 aliphatic rings. The van der Waals surface area contributed by atoms with Gasteiger partial charge < -0.3 is 29.9 Å². The molecule has 1 fully saturated rings. The van der Waals surface area contributed by atoms with E-state index in [2.05, 4.69) is 0 Å². The van der Waals surface area contributed by atoms with Crippen LogP contribution >= 0.6 is 0 Å². The van der Waals surface area contributed by atoms with E-state index in [9.17, 15) is 20.1 Å². The van der Waals surface area contributed by atoms with E-state index in [1.54, 1.807) is 20.8 Å². The van der Waals surface area contributed by atoms with E-state index in [0.29, 0.717) is 0 Å².